The molecular weight excluding hydrogens is 743 g/mol. The number of aromatic hydroxyl groups is 1. The van der Waals surface area contributed by atoms with Gasteiger partial charge in [-0.15, -0.1) is 0 Å². The molecule has 5 aliphatic heterocycles. The van der Waals surface area contributed by atoms with Crippen LogP contribution < -0.4 is 16.2 Å². The molecule has 8 N–H and O–H groups in total. The van der Waals surface area contributed by atoms with Gasteiger partial charge in [-0.2, -0.15) is 8.42 Å². The molecule has 302 valence electrons. The Labute approximate surface area is 334 Å². The topological polar surface area (TPSA) is 198 Å². The monoisotopic (exact) mass is 795 g/mol. The Kier molecular flexibility index (Phi) is 10.9. The zero-order chi connectivity index (χ0) is 40.1. The van der Waals surface area contributed by atoms with Gasteiger partial charge in [0.2, 0.25) is 5.72 Å². The first-order valence-corrected chi connectivity index (χ1v) is 21.7. The van der Waals surface area contributed by atoms with E-state index in [0.29, 0.717) is 55.4 Å². The van der Waals surface area contributed by atoms with Crippen LogP contribution in [0.4, 0.5) is 0 Å². The van der Waals surface area contributed by atoms with E-state index in [1.807, 2.05) is 48.5 Å². The number of ether oxygens (including phenoxy) is 2. The molecule has 10 atom stereocenters. The Morgan fingerprint density at radius 1 is 1.02 bits per heavy atom. The van der Waals surface area contributed by atoms with Crippen LogP contribution in [0.2, 0.25) is 0 Å². The molecule has 7 aliphatic rings. The van der Waals surface area contributed by atoms with E-state index < -0.39 is 33.1 Å². The predicted octanol–water partition coefficient (Wildman–Crippen LogP) is 5.93. The fourth-order valence-electron chi connectivity index (χ4n) is 10.6. The minimum Gasteiger partial charge on any atom is -0.508 e. The maximum Gasteiger partial charge on any atom is 0.268 e. The number of allylic oxidation sites excluding steroid dienone is 1. The van der Waals surface area contributed by atoms with E-state index in [0.717, 1.165) is 40.7 Å². The summed E-state index contributed by atoms with van der Waals surface area (Å²) >= 11 is 0. The van der Waals surface area contributed by atoms with Crippen LogP contribution in [0.25, 0.3) is 0 Å². The first-order valence-electron chi connectivity index (χ1n) is 20.2. The molecule has 0 amide bonds. The van der Waals surface area contributed by atoms with Crippen molar-refractivity contribution in [2.45, 2.75) is 99.7 Å². The minimum absolute atomic E-state index is 0.0594. The zero-order valence-corrected chi connectivity index (χ0v) is 33.1. The highest BCUT2D eigenvalue weighted by atomic mass is 32.2. The van der Waals surface area contributed by atoms with Crippen LogP contribution in [0.3, 0.4) is 0 Å². The van der Waals surface area contributed by atoms with E-state index in [9.17, 15) is 28.3 Å². The van der Waals surface area contributed by atoms with Gasteiger partial charge in [0.1, 0.15) is 17.6 Å². The second-order valence-electron chi connectivity index (χ2n) is 16.9. The largest absolute Gasteiger partial charge is 0.508 e. The number of hydrogen-bond donors (Lipinski definition) is 6. The van der Waals surface area contributed by atoms with Gasteiger partial charge in [0.15, 0.2) is 5.96 Å². The molecule has 0 saturated carbocycles. The van der Waals surface area contributed by atoms with Gasteiger partial charge in [0.05, 0.1) is 11.4 Å². The number of aliphatic hydroxyl groups excluding tert-OH is 2. The lowest BCUT2D eigenvalue weighted by Crippen LogP contribution is -2.40. The third-order valence-electron chi connectivity index (χ3n) is 13.2. The smallest absolute Gasteiger partial charge is 0.268 e. The molecule has 10 unspecified atom stereocenters. The van der Waals surface area contributed by atoms with E-state index in [2.05, 4.69) is 29.8 Å². The summed E-state index contributed by atoms with van der Waals surface area (Å²) in [6, 6.07) is 18.8. The van der Waals surface area contributed by atoms with Crippen LogP contribution in [0.1, 0.15) is 110 Å². The predicted molar refractivity (Wildman–Crippen MR) is 217 cm³/mol. The highest BCUT2D eigenvalue weighted by molar-refractivity contribution is 7.86. The number of aliphatic hydroxyl groups is 2. The molecule has 1 fully saturated rings. The van der Waals surface area contributed by atoms with E-state index in [4.69, 9.17) is 20.9 Å². The number of phenols is 1. The molecule has 5 heterocycles. The van der Waals surface area contributed by atoms with E-state index in [1.165, 1.54) is 0 Å². The number of phenolic OH excluding ortho intramolecular Hbond substituents is 1. The van der Waals surface area contributed by atoms with Gasteiger partial charge < -0.3 is 36.3 Å². The van der Waals surface area contributed by atoms with E-state index in [-0.39, 0.29) is 67.0 Å². The molecular formula is C45H53N3O8S. The van der Waals surface area contributed by atoms with Crippen LogP contribution >= 0.6 is 0 Å². The SMILES string of the molecule is CC1CCc2cc3ccc2C1CC(S(=O)(=O)O)C1C=C2CC(CC4CC(CO)CC#Cc5cc(O)ccc5C2O4)C1c1ccc(cc1)C(CCCO)(N=C(N)N)O3. The fraction of sp³-hybridized carbons (Fsp3) is 0.489. The minimum atomic E-state index is -4.61. The quantitative estimate of drug-likeness (QED) is 0.0572. The van der Waals surface area contributed by atoms with Crippen LogP contribution in [0, 0.1) is 35.5 Å². The summed E-state index contributed by atoms with van der Waals surface area (Å²) in [6.07, 6.45) is 5.90. The fourth-order valence-corrected chi connectivity index (χ4v) is 11.7. The summed E-state index contributed by atoms with van der Waals surface area (Å²) < 4.78 is 53.2. The summed E-state index contributed by atoms with van der Waals surface area (Å²) in [7, 11) is -4.61. The number of benzene rings is 3. The average Bonchev–Trinajstić information content (AvgIpc) is 3.30. The van der Waals surface area contributed by atoms with Crippen molar-refractivity contribution in [3.63, 3.8) is 0 Å². The number of guanidine groups is 1. The number of nitrogens with zero attached hydrogens (tertiary/aromatic N) is 1. The van der Waals surface area contributed by atoms with Crippen LogP contribution in [-0.4, -0.2) is 58.8 Å². The maximum absolute atomic E-state index is 14.0. The van der Waals surface area contributed by atoms with Gasteiger partial charge >= 0.3 is 0 Å². The van der Waals surface area contributed by atoms with Gasteiger partial charge in [0, 0.05) is 48.7 Å². The van der Waals surface area contributed by atoms with Gasteiger partial charge in [-0.3, -0.25) is 4.55 Å². The number of nitrogens with two attached hydrogens (primary N) is 2. The number of rotatable bonds is 6. The summed E-state index contributed by atoms with van der Waals surface area (Å²) in [5.41, 5.74) is 16.8. The van der Waals surface area contributed by atoms with Crippen molar-refractivity contribution < 1.29 is 37.8 Å². The molecule has 0 spiro atoms. The second-order valence-corrected chi connectivity index (χ2v) is 18.5. The van der Waals surface area contributed by atoms with Gasteiger partial charge in [-0.1, -0.05) is 61.2 Å². The lowest BCUT2D eigenvalue weighted by Gasteiger charge is -2.42. The molecule has 3 aromatic carbocycles. The lowest BCUT2D eigenvalue weighted by molar-refractivity contribution is -0.0131. The summed E-state index contributed by atoms with van der Waals surface area (Å²) in [6.45, 7) is 2.00. The van der Waals surface area contributed by atoms with Crippen molar-refractivity contribution in [3.8, 4) is 23.3 Å². The maximum atomic E-state index is 14.0. The molecule has 3 aromatic rings. The van der Waals surface area contributed by atoms with Gasteiger partial charge in [-0.05, 0) is 121 Å². The van der Waals surface area contributed by atoms with Crippen molar-refractivity contribution in [1.29, 1.82) is 0 Å². The van der Waals surface area contributed by atoms with Crippen molar-refractivity contribution >= 4 is 16.1 Å². The first kappa shape index (κ1) is 39.4. The van der Waals surface area contributed by atoms with Crippen LogP contribution in [0.5, 0.6) is 11.5 Å². The van der Waals surface area contributed by atoms with Gasteiger partial charge in [0.25, 0.3) is 10.1 Å². The number of aliphatic imine (C=N–C) groups is 1. The third kappa shape index (κ3) is 7.80. The van der Waals surface area contributed by atoms with Crippen molar-refractivity contribution in [3.05, 3.63) is 106 Å². The molecule has 10 bridgehead atoms. The first-order chi connectivity index (χ1) is 27.4. The van der Waals surface area contributed by atoms with Crippen molar-refractivity contribution in [1.82, 2.24) is 0 Å². The molecule has 12 heteroatoms. The molecule has 0 aromatic heterocycles. The lowest BCUT2D eigenvalue weighted by atomic mass is 9.64. The highest BCUT2D eigenvalue weighted by Gasteiger charge is 2.49. The summed E-state index contributed by atoms with van der Waals surface area (Å²) in [5.74, 6) is 5.71. The highest BCUT2D eigenvalue weighted by Crippen LogP contribution is 2.55. The normalized spacial score (nSPS) is 31.7. The number of fused-ring (bicyclic) bond motifs is 9. The Balaban J connectivity index is 1.36. The molecule has 10 rings (SSSR count). The summed E-state index contributed by atoms with van der Waals surface area (Å²) in [5, 5.41) is 29.8. The zero-order valence-electron chi connectivity index (χ0n) is 32.3. The van der Waals surface area contributed by atoms with E-state index >= 15 is 0 Å². The Hall–Kier alpha value is -4.38. The van der Waals surface area contributed by atoms with Crippen molar-refractivity contribution in [2.24, 2.45) is 40.1 Å². The Bertz CT molecular complexity index is 2230. The molecule has 1 saturated heterocycles. The van der Waals surface area contributed by atoms with Gasteiger partial charge in [-0.25, -0.2) is 4.99 Å². The van der Waals surface area contributed by atoms with Crippen LogP contribution in [0.15, 0.2) is 77.3 Å². The molecule has 2 aliphatic carbocycles. The molecule has 11 nitrogen and oxygen atoms in total. The van der Waals surface area contributed by atoms with Crippen molar-refractivity contribution in [2.75, 3.05) is 13.2 Å². The average molecular weight is 796 g/mol. The van der Waals surface area contributed by atoms with Crippen LogP contribution in [-0.2, 0) is 27.0 Å². The standard InChI is InChI=1S/C45H53N3O8S/c1-26-6-7-30-21-35-13-15-37(30)39(26)24-41(57(52,53)54)40-23-32-19-31(42(40)28-8-10-33(11-9-28)45(56-35,16-3-17-49)48-44(46)47)22-36-18-27(25-50)4-2-5-29-20-34(51)12-14-38(29)43(32)55-36/h8-15,20-21,23,26-27,31,36,39-43,49-51H,3-4,6-7,16-19,22,24-25H2,1H3,(H4,46,47,48)(H,52,53,54). The summed E-state index contributed by atoms with van der Waals surface area (Å²) in [4.78, 5) is 4.69. The second kappa shape index (κ2) is 15.8. The number of hydrogen-bond acceptors (Lipinski definition) is 8. The van der Waals surface area contributed by atoms with E-state index in [1.54, 1.807) is 12.1 Å². The molecule has 57 heavy (non-hydrogen) atoms. The third-order valence-corrected chi connectivity index (χ3v) is 14.5. The Morgan fingerprint density at radius 2 is 1.81 bits per heavy atom. The Morgan fingerprint density at radius 3 is 2.54 bits per heavy atom. The number of aryl methyl sites for hydroxylation is 1. The molecule has 0 radical (unpaired) electrons.